The standard InChI is InChI=1S/C14H18N4O/c1-3-10-5-4-8-16-12(10)9-17-13-7-6-11(15)14(18-13)19-2/h4-8H,3,9,15H2,1-2H3,(H,17,18). The van der Waals surface area contributed by atoms with Gasteiger partial charge in [0.2, 0.25) is 5.88 Å². The van der Waals surface area contributed by atoms with Crippen LogP contribution in [-0.2, 0) is 13.0 Å². The lowest BCUT2D eigenvalue weighted by Gasteiger charge is -2.10. The van der Waals surface area contributed by atoms with Gasteiger partial charge in [0.25, 0.3) is 0 Å². The maximum absolute atomic E-state index is 5.73. The number of nitrogens with one attached hydrogen (secondary N) is 1. The first-order chi connectivity index (χ1) is 9.24. The van der Waals surface area contributed by atoms with Crippen LogP contribution in [0.4, 0.5) is 11.5 Å². The number of nitrogens with two attached hydrogens (primary N) is 1. The van der Waals surface area contributed by atoms with E-state index in [0.717, 1.165) is 17.9 Å². The molecule has 3 N–H and O–H groups in total. The van der Waals surface area contributed by atoms with Crippen LogP contribution in [-0.4, -0.2) is 17.1 Å². The van der Waals surface area contributed by atoms with Crippen molar-refractivity contribution in [2.24, 2.45) is 0 Å². The lowest BCUT2D eigenvalue weighted by atomic mass is 10.1. The Balaban J connectivity index is 2.10. The first-order valence-corrected chi connectivity index (χ1v) is 6.21. The number of ether oxygens (including phenoxy) is 1. The number of rotatable bonds is 5. The molecule has 0 atom stereocenters. The zero-order valence-corrected chi connectivity index (χ0v) is 11.2. The van der Waals surface area contributed by atoms with Crippen LogP contribution in [0.3, 0.4) is 0 Å². The van der Waals surface area contributed by atoms with Crippen LogP contribution in [0.1, 0.15) is 18.2 Å². The second kappa shape index (κ2) is 6.04. The number of methoxy groups -OCH3 is 1. The van der Waals surface area contributed by atoms with E-state index < -0.39 is 0 Å². The van der Waals surface area contributed by atoms with Gasteiger partial charge in [-0.2, -0.15) is 4.98 Å². The molecule has 0 radical (unpaired) electrons. The molecule has 19 heavy (non-hydrogen) atoms. The highest BCUT2D eigenvalue weighted by molar-refractivity contribution is 5.53. The molecule has 0 bridgehead atoms. The lowest BCUT2D eigenvalue weighted by Crippen LogP contribution is -2.07. The maximum Gasteiger partial charge on any atom is 0.238 e. The Bertz CT molecular complexity index is 557. The molecule has 0 fully saturated rings. The predicted molar refractivity (Wildman–Crippen MR) is 76.1 cm³/mol. The highest BCUT2D eigenvalue weighted by Gasteiger charge is 2.05. The molecule has 2 heterocycles. The van der Waals surface area contributed by atoms with E-state index in [0.29, 0.717) is 18.1 Å². The van der Waals surface area contributed by atoms with E-state index in [-0.39, 0.29) is 0 Å². The van der Waals surface area contributed by atoms with Crippen molar-refractivity contribution >= 4 is 11.5 Å². The number of aryl methyl sites for hydroxylation is 1. The fraction of sp³-hybridized carbons (Fsp3) is 0.286. The van der Waals surface area contributed by atoms with Crippen molar-refractivity contribution in [3.05, 3.63) is 41.7 Å². The average molecular weight is 258 g/mol. The normalized spacial score (nSPS) is 10.2. The zero-order valence-electron chi connectivity index (χ0n) is 11.2. The van der Waals surface area contributed by atoms with Crippen LogP contribution in [0.5, 0.6) is 5.88 Å². The molecule has 5 nitrogen and oxygen atoms in total. The van der Waals surface area contributed by atoms with Crippen molar-refractivity contribution in [2.75, 3.05) is 18.2 Å². The molecule has 2 aromatic rings. The Morgan fingerprint density at radius 1 is 1.32 bits per heavy atom. The van der Waals surface area contributed by atoms with Gasteiger partial charge in [-0.3, -0.25) is 4.98 Å². The van der Waals surface area contributed by atoms with Gasteiger partial charge in [0.15, 0.2) is 0 Å². The monoisotopic (exact) mass is 258 g/mol. The number of hydrogen-bond acceptors (Lipinski definition) is 5. The molecule has 100 valence electrons. The second-order valence-electron chi connectivity index (χ2n) is 4.11. The number of aromatic nitrogens is 2. The summed E-state index contributed by atoms with van der Waals surface area (Å²) in [6.45, 7) is 2.75. The van der Waals surface area contributed by atoms with Gasteiger partial charge in [-0.1, -0.05) is 13.0 Å². The molecule has 0 aliphatic heterocycles. The van der Waals surface area contributed by atoms with Crippen LogP contribution >= 0.6 is 0 Å². The van der Waals surface area contributed by atoms with E-state index in [1.807, 2.05) is 12.1 Å². The van der Waals surface area contributed by atoms with Crippen molar-refractivity contribution in [3.8, 4) is 5.88 Å². The third-order valence-corrected chi connectivity index (χ3v) is 2.89. The molecule has 2 aromatic heterocycles. The first-order valence-electron chi connectivity index (χ1n) is 6.21. The van der Waals surface area contributed by atoms with Crippen molar-refractivity contribution in [1.82, 2.24) is 9.97 Å². The number of nitrogen functional groups attached to an aromatic ring is 1. The fourth-order valence-electron chi connectivity index (χ4n) is 1.84. The maximum atomic E-state index is 5.73. The van der Waals surface area contributed by atoms with Crippen molar-refractivity contribution in [1.29, 1.82) is 0 Å². The Kier molecular flexibility index (Phi) is 4.18. The van der Waals surface area contributed by atoms with Gasteiger partial charge in [-0.25, -0.2) is 0 Å². The summed E-state index contributed by atoms with van der Waals surface area (Å²) in [4.78, 5) is 8.65. The van der Waals surface area contributed by atoms with Crippen LogP contribution in [0, 0.1) is 0 Å². The van der Waals surface area contributed by atoms with Crippen LogP contribution in [0.25, 0.3) is 0 Å². The first kappa shape index (κ1) is 13.1. The molecule has 0 amide bonds. The van der Waals surface area contributed by atoms with Crippen molar-refractivity contribution < 1.29 is 4.74 Å². The minimum absolute atomic E-state index is 0.432. The van der Waals surface area contributed by atoms with Gasteiger partial charge >= 0.3 is 0 Å². The van der Waals surface area contributed by atoms with E-state index >= 15 is 0 Å². The second-order valence-corrected chi connectivity index (χ2v) is 4.11. The van der Waals surface area contributed by atoms with Gasteiger partial charge in [-0.15, -0.1) is 0 Å². The smallest absolute Gasteiger partial charge is 0.238 e. The van der Waals surface area contributed by atoms with Gasteiger partial charge in [-0.05, 0) is 30.2 Å². The lowest BCUT2D eigenvalue weighted by molar-refractivity contribution is 0.401. The van der Waals surface area contributed by atoms with Crippen LogP contribution in [0.15, 0.2) is 30.5 Å². The van der Waals surface area contributed by atoms with Gasteiger partial charge in [0.1, 0.15) is 5.82 Å². The molecule has 0 aromatic carbocycles. The van der Waals surface area contributed by atoms with Crippen LogP contribution in [0.2, 0.25) is 0 Å². The summed E-state index contributed by atoms with van der Waals surface area (Å²) in [7, 11) is 1.55. The molecule has 0 unspecified atom stereocenters. The number of anilines is 2. The Morgan fingerprint density at radius 3 is 2.89 bits per heavy atom. The minimum Gasteiger partial charge on any atom is -0.479 e. The molecule has 0 aliphatic carbocycles. The van der Waals surface area contributed by atoms with Gasteiger partial charge in [0.05, 0.1) is 25.0 Å². The fourth-order valence-corrected chi connectivity index (χ4v) is 1.84. The van der Waals surface area contributed by atoms with E-state index in [9.17, 15) is 0 Å². The third kappa shape index (κ3) is 3.13. The molecule has 0 aliphatic rings. The van der Waals surface area contributed by atoms with E-state index in [4.69, 9.17) is 10.5 Å². The van der Waals surface area contributed by atoms with E-state index in [1.54, 1.807) is 19.4 Å². The third-order valence-electron chi connectivity index (χ3n) is 2.89. The Hall–Kier alpha value is -2.30. The summed E-state index contributed by atoms with van der Waals surface area (Å²) < 4.78 is 5.09. The number of hydrogen-bond donors (Lipinski definition) is 2. The Labute approximate surface area is 112 Å². The highest BCUT2D eigenvalue weighted by Crippen LogP contribution is 2.20. The summed E-state index contributed by atoms with van der Waals surface area (Å²) in [6, 6.07) is 7.63. The van der Waals surface area contributed by atoms with E-state index in [2.05, 4.69) is 28.3 Å². The van der Waals surface area contributed by atoms with Crippen molar-refractivity contribution in [3.63, 3.8) is 0 Å². The highest BCUT2D eigenvalue weighted by atomic mass is 16.5. The largest absolute Gasteiger partial charge is 0.479 e. The molecule has 5 heteroatoms. The van der Waals surface area contributed by atoms with Gasteiger partial charge in [0, 0.05) is 6.20 Å². The molecule has 0 saturated heterocycles. The predicted octanol–water partition coefficient (Wildman–Crippen LogP) is 2.24. The number of nitrogens with zero attached hydrogens (tertiary/aromatic N) is 2. The minimum atomic E-state index is 0.432. The summed E-state index contributed by atoms with van der Waals surface area (Å²) in [5.41, 5.74) is 8.52. The van der Waals surface area contributed by atoms with Gasteiger partial charge < -0.3 is 15.8 Å². The van der Waals surface area contributed by atoms with Crippen LogP contribution < -0.4 is 15.8 Å². The topological polar surface area (TPSA) is 73.1 Å². The quantitative estimate of drug-likeness (QED) is 0.860. The summed E-state index contributed by atoms with van der Waals surface area (Å²) >= 11 is 0. The van der Waals surface area contributed by atoms with E-state index in [1.165, 1.54) is 5.56 Å². The summed E-state index contributed by atoms with van der Waals surface area (Å²) in [5, 5.41) is 3.23. The molecular weight excluding hydrogens is 240 g/mol. The van der Waals surface area contributed by atoms with Crippen molar-refractivity contribution in [2.45, 2.75) is 19.9 Å². The molecular formula is C14H18N4O. The Morgan fingerprint density at radius 2 is 2.16 bits per heavy atom. The zero-order chi connectivity index (χ0) is 13.7. The SMILES string of the molecule is CCc1cccnc1CNc1ccc(N)c(OC)n1. The number of pyridine rings is 2. The summed E-state index contributed by atoms with van der Waals surface area (Å²) in [6.07, 6.45) is 2.76. The molecule has 0 spiro atoms. The molecule has 0 saturated carbocycles. The average Bonchev–Trinajstić information content (AvgIpc) is 2.46. The molecule has 2 rings (SSSR count). The summed E-state index contributed by atoms with van der Waals surface area (Å²) in [5.74, 6) is 1.15.